The van der Waals surface area contributed by atoms with Crippen LogP contribution in [0, 0.1) is 5.92 Å². The fourth-order valence-electron chi connectivity index (χ4n) is 2.19. The third-order valence-corrected chi connectivity index (χ3v) is 3.94. The van der Waals surface area contributed by atoms with Crippen molar-refractivity contribution in [2.75, 3.05) is 13.2 Å². The van der Waals surface area contributed by atoms with Gasteiger partial charge in [-0.2, -0.15) is 0 Å². The number of carbonyl (C=O) groups excluding carboxylic acids is 1. The molecule has 0 aliphatic carbocycles. The summed E-state index contributed by atoms with van der Waals surface area (Å²) in [6.07, 6.45) is 2.26. The molecular weight excluding hydrogens is 266 g/mol. The Hall–Kier alpha value is -1.55. The van der Waals surface area contributed by atoms with Crippen LogP contribution < -0.4 is 10.1 Å². The highest BCUT2D eigenvalue weighted by atomic mass is 16.5. The first kappa shape index (κ1) is 15.8. The van der Waals surface area contributed by atoms with Crippen molar-refractivity contribution in [3.8, 4) is 5.75 Å². The monoisotopic (exact) mass is 291 g/mol. The van der Waals surface area contributed by atoms with E-state index in [1.54, 1.807) is 6.07 Å². The normalized spacial score (nSPS) is 19.5. The lowest BCUT2D eigenvalue weighted by atomic mass is 10.1. The van der Waals surface area contributed by atoms with Gasteiger partial charge in [-0.05, 0) is 37.8 Å². The molecule has 0 radical (unpaired) electrons. The topological polar surface area (TPSA) is 47.6 Å². The van der Waals surface area contributed by atoms with E-state index >= 15 is 0 Å². The lowest BCUT2D eigenvalue weighted by Gasteiger charge is -2.19. The van der Waals surface area contributed by atoms with Crippen molar-refractivity contribution in [2.24, 2.45) is 5.92 Å². The van der Waals surface area contributed by atoms with E-state index in [1.807, 2.05) is 25.1 Å². The molecule has 2 unspecified atom stereocenters. The molecule has 1 fully saturated rings. The number of hydrogen-bond acceptors (Lipinski definition) is 3. The molecule has 2 rings (SSSR count). The van der Waals surface area contributed by atoms with Gasteiger partial charge in [0.05, 0.1) is 11.7 Å². The minimum Gasteiger partial charge on any atom is -0.490 e. The molecule has 0 spiro atoms. The highest BCUT2D eigenvalue weighted by Crippen LogP contribution is 2.20. The van der Waals surface area contributed by atoms with Crippen molar-refractivity contribution in [1.29, 1.82) is 0 Å². The molecule has 0 bridgehead atoms. The summed E-state index contributed by atoms with van der Waals surface area (Å²) in [7, 11) is 0. The molecular formula is C17H25NO3. The maximum atomic E-state index is 12.4. The van der Waals surface area contributed by atoms with E-state index in [0.717, 1.165) is 19.4 Å². The van der Waals surface area contributed by atoms with E-state index in [-0.39, 0.29) is 18.1 Å². The van der Waals surface area contributed by atoms with Gasteiger partial charge in [0.1, 0.15) is 12.4 Å². The number of nitrogens with one attached hydrogen (secondary N) is 1. The van der Waals surface area contributed by atoms with Gasteiger partial charge in [-0.3, -0.25) is 4.79 Å². The summed E-state index contributed by atoms with van der Waals surface area (Å²) in [4.78, 5) is 12.4. The smallest absolute Gasteiger partial charge is 0.255 e. The molecule has 1 aromatic rings. The summed E-state index contributed by atoms with van der Waals surface area (Å²) in [5.41, 5.74) is 0.586. The Morgan fingerprint density at radius 1 is 1.38 bits per heavy atom. The molecule has 4 heteroatoms. The average Bonchev–Trinajstić information content (AvgIpc) is 2.98. The van der Waals surface area contributed by atoms with Gasteiger partial charge in [-0.1, -0.05) is 26.0 Å². The lowest BCUT2D eigenvalue weighted by molar-refractivity contribution is 0.0669. The van der Waals surface area contributed by atoms with Crippen molar-refractivity contribution in [1.82, 2.24) is 5.32 Å². The first-order valence-corrected chi connectivity index (χ1v) is 7.72. The molecule has 0 saturated carbocycles. The van der Waals surface area contributed by atoms with Gasteiger partial charge in [0.2, 0.25) is 0 Å². The molecule has 1 aliphatic heterocycles. The number of ether oxygens (including phenoxy) is 2. The Balaban J connectivity index is 1.99. The summed E-state index contributed by atoms with van der Waals surface area (Å²) in [6, 6.07) is 7.50. The number of para-hydroxylation sites is 1. The summed E-state index contributed by atoms with van der Waals surface area (Å²) in [5.74, 6) is 0.939. The molecule has 2 atom stereocenters. The summed E-state index contributed by atoms with van der Waals surface area (Å²) in [6.45, 7) is 7.50. The maximum absolute atomic E-state index is 12.4. The number of benzene rings is 1. The highest BCUT2D eigenvalue weighted by molar-refractivity contribution is 5.97. The minimum absolute atomic E-state index is 0.0841. The second-order valence-electron chi connectivity index (χ2n) is 5.95. The number of amides is 1. The molecule has 21 heavy (non-hydrogen) atoms. The Kier molecular flexibility index (Phi) is 5.62. The molecule has 1 saturated heterocycles. The van der Waals surface area contributed by atoms with E-state index in [9.17, 15) is 4.79 Å². The zero-order valence-corrected chi connectivity index (χ0v) is 13.1. The summed E-state index contributed by atoms with van der Waals surface area (Å²) >= 11 is 0. The minimum atomic E-state index is -0.0841. The molecule has 1 heterocycles. The maximum Gasteiger partial charge on any atom is 0.255 e. The summed E-state index contributed by atoms with van der Waals surface area (Å²) in [5, 5.41) is 3.01. The van der Waals surface area contributed by atoms with Crippen LogP contribution in [0.4, 0.5) is 0 Å². The second kappa shape index (κ2) is 7.46. The first-order chi connectivity index (χ1) is 10.1. The molecule has 4 nitrogen and oxygen atoms in total. The van der Waals surface area contributed by atoms with Crippen LogP contribution >= 0.6 is 0 Å². The Labute approximate surface area is 126 Å². The van der Waals surface area contributed by atoms with Crippen LogP contribution in [-0.2, 0) is 4.74 Å². The van der Waals surface area contributed by atoms with Gasteiger partial charge in [0.15, 0.2) is 0 Å². The predicted octanol–water partition coefficient (Wildman–Crippen LogP) is 3.02. The van der Waals surface area contributed by atoms with E-state index in [0.29, 0.717) is 23.8 Å². The molecule has 116 valence electrons. The fourth-order valence-corrected chi connectivity index (χ4v) is 2.19. The first-order valence-electron chi connectivity index (χ1n) is 7.72. The van der Waals surface area contributed by atoms with Crippen LogP contribution in [0.1, 0.15) is 44.0 Å². The second-order valence-corrected chi connectivity index (χ2v) is 5.95. The van der Waals surface area contributed by atoms with E-state index in [1.165, 1.54) is 0 Å². The number of hydrogen-bond donors (Lipinski definition) is 1. The third-order valence-electron chi connectivity index (χ3n) is 3.94. The van der Waals surface area contributed by atoms with Crippen LogP contribution in [0.15, 0.2) is 24.3 Å². The van der Waals surface area contributed by atoms with Gasteiger partial charge in [-0.15, -0.1) is 0 Å². The quantitative estimate of drug-likeness (QED) is 0.876. The number of rotatable bonds is 6. The molecule has 1 N–H and O–H groups in total. The van der Waals surface area contributed by atoms with Crippen molar-refractivity contribution in [3.05, 3.63) is 29.8 Å². The van der Waals surface area contributed by atoms with E-state index in [2.05, 4.69) is 19.2 Å². The third kappa shape index (κ3) is 4.46. The average molecular weight is 291 g/mol. The zero-order chi connectivity index (χ0) is 15.2. The lowest BCUT2D eigenvalue weighted by Crippen LogP contribution is -2.36. The van der Waals surface area contributed by atoms with Crippen LogP contribution in [0.25, 0.3) is 0 Å². The highest BCUT2D eigenvalue weighted by Gasteiger charge is 2.19. The zero-order valence-electron chi connectivity index (χ0n) is 13.1. The van der Waals surface area contributed by atoms with Crippen LogP contribution in [0.5, 0.6) is 5.75 Å². The van der Waals surface area contributed by atoms with Crippen LogP contribution in [0.3, 0.4) is 0 Å². The summed E-state index contributed by atoms with van der Waals surface area (Å²) < 4.78 is 11.3. The van der Waals surface area contributed by atoms with Crippen molar-refractivity contribution >= 4 is 5.91 Å². The Morgan fingerprint density at radius 3 is 2.81 bits per heavy atom. The standard InChI is InChI=1S/C17H25NO3/c1-12(2)13(3)18-17(19)15-8-4-5-9-16(15)21-11-14-7-6-10-20-14/h4-5,8-9,12-14H,6-7,10-11H2,1-3H3,(H,18,19). The van der Waals surface area contributed by atoms with Gasteiger partial charge < -0.3 is 14.8 Å². The van der Waals surface area contributed by atoms with E-state index < -0.39 is 0 Å². The SMILES string of the molecule is CC(C)C(C)NC(=O)c1ccccc1OCC1CCCO1. The van der Waals surface area contributed by atoms with Crippen LogP contribution in [0.2, 0.25) is 0 Å². The molecule has 0 aromatic heterocycles. The van der Waals surface area contributed by atoms with Gasteiger partial charge >= 0.3 is 0 Å². The van der Waals surface area contributed by atoms with Crippen molar-refractivity contribution in [2.45, 2.75) is 45.8 Å². The van der Waals surface area contributed by atoms with Crippen molar-refractivity contribution in [3.63, 3.8) is 0 Å². The van der Waals surface area contributed by atoms with Gasteiger partial charge in [0.25, 0.3) is 5.91 Å². The fraction of sp³-hybridized carbons (Fsp3) is 0.588. The van der Waals surface area contributed by atoms with Crippen molar-refractivity contribution < 1.29 is 14.3 Å². The molecule has 1 aliphatic rings. The molecule has 1 amide bonds. The largest absolute Gasteiger partial charge is 0.490 e. The Morgan fingerprint density at radius 2 is 2.14 bits per heavy atom. The van der Waals surface area contributed by atoms with Gasteiger partial charge in [-0.25, -0.2) is 0 Å². The van der Waals surface area contributed by atoms with Crippen LogP contribution in [-0.4, -0.2) is 31.3 Å². The number of carbonyl (C=O) groups is 1. The Bertz CT molecular complexity index is 467. The van der Waals surface area contributed by atoms with E-state index in [4.69, 9.17) is 9.47 Å². The predicted molar refractivity (Wildman–Crippen MR) is 82.7 cm³/mol. The molecule has 1 aromatic carbocycles. The van der Waals surface area contributed by atoms with Gasteiger partial charge in [0, 0.05) is 12.6 Å².